The Morgan fingerprint density at radius 3 is 2.57 bits per heavy atom. The number of hydrogen-bond acceptors (Lipinski definition) is 3. The van der Waals surface area contributed by atoms with Gasteiger partial charge in [0.25, 0.3) is 0 Å². The lowest BCUT2D eigenvalue weighted by atomic mass is 10.0. The molecule has 102 valence electrons. The molecule has 0 aliphatic carbocycles. The largest absolute Gasteiger partial charge is 0.275 e. The highest BCUT2D eigenvalue weighted by Gasteiger charge is 2.14. The second-order valence-electron chi connectivity index (χ2n) is 5.34. The predicted octanol–water partition coefficient (Wildman–Crippen LogP) is 3.79. The van der Waals surface area contributed by atoms with Crippen LogP contribution in [0.15, 0.2) is 42.5 Å². The number of benzene rings is 2. The fourth-order valence-electron chi connectivity index (χ4n) is 2.86. The van der Waals surface area contributed by atoms with Crippen molar-refractivity contribution in [1.82, 2.24) is 20.4 Å². The van der Waals surface area contributed by atoms with Gasteiger partial charge in [-0.2, -0.15) is 5.10 Å². The highest BCUT2D eigenvalue weighted by Crippen LogP contribution is 2.30. The topological polar surface area (TPSA) is 54.5 Å². The van der Waals surface area contributed by atoms with E-state index in [1.807, 2.05) is 30.3 Å². The summed E-state index contributed by atoms with van der Waals surface area (Å²) in [5.74, 6) is 0. The second-order valence-corrected chi connectivity index (χ2v) is 5.34. The van der Waals surface area contributed by atoms with Gasteiger partial charge in [-0.25, -0.2) is 0 Å². The molecular weight excluding hydrogens is 260 g/mol. The number of rotatable bonds is 1. The fraction of sp³-hybridized carbons (Fsp3) is 0.118. The van der Waals surface area contributed by atoms with Crippen LogP contribution in [0.3, 0.4) is 0 Å². The molecule has 4 nitrogen and oxygen atoms in total. The molecule has 0 radical (unpaired) electrons. The summed E-state index contributed by atoms with van der Waals surface area (Å²) in [6.07, 6.45) is 0. The van der Waals surface area contributed by atoms with E-state index in [9.17, 15) is 0 Å². The van der Waals surface area contributed by atoms with Gasteiger partial charge in [-0.3, -0.25) is 5.10 Å². The van der Waals surface area contributed by atoms with Crippen LogP contribution in [0.1, 0.15) is 11.1 Å². The lowest BCUT2D eigenvalue weighted by Crippen LogP contribution is -1.90. The normalized spacial score (nSPS) is 11.3. The first-order valence-corrected chi connectivity index (χ1v) is 6.91. The minimum absolute atomic E-state index is 0.820. The summed E-state index contributed by atoms with van der Waals surface area (Å²) < 4.78 is 0. The molecule has 2 aromatic carbocycles. The molecule has 0 saturated carbocycles. The van der Waals surface area contributed by atoms with Gasteiger partial charge >= 0.3 is 0 Å². The first-order valence-electron chi connectivity index (χ1n) is 6.91. The van der Waals surface area contributed by atoms with E-state index >= 15 is 0 Å². The molecule has 1 N–H and O–H groups in total. The van der Waals surface area contributed by atoms with Gasteiger partial charge in [0.2, 0.25) is 0 Å². The lowest BCUT2D eigenvalue weighted by molar-refractivity contribution is 1.12. The van der Waals surface area contributed by atoms with Crippen LogP contribution in [-0.2, 0) is 0 Å². The van der Waals surface area contributed by atoms with Gasteiger partial charge < -0.3 is 0 Å². The van der Waals surface area contributed by atoms with Gasteiger partial charge in [-0.05, 0) is 31.0 Å². The highest BCUT2D eigenvalue weighted by molar-refractivity contribution is 6.07. The summed E-state index contributed by atoms with van der Waals surface area (Å²) in [6, 6.07) is 14.3. The number of H-pyrrole nitrogens is 1. The number of nitrogens with one attached hydrogen (secondary N) is 1. The van der Waals surface area contributed by atoms with Crippen LogP contribution in [-0.4, -0.2) is 20.4 Å². The van der Waals surface area contributed by atoms with Crippen LogP contribution >= 0.6 is 0 Å². The maximum absolute atomic E-state index is 4.45. The van der Waals surface area contributed by atoms with E-state index in [0.29, 0.717) is 0 Å². The monoisotopic (exact) mass is 274 g/mol. The summed E-state index contributed by atoms with van der Waals surface area (Å²) in [4.78, 5) is 0. The van der Waals surface area contributed by atoms with Crippen LogP contribution in [0.2, 0.25) is 0 Å². The van der Waals surface area contributed by atoms with Gasteiger partial charge in [0, 0.05) is 10.9 Å². The van der Waals surface area contributed by atoms with E-state index in [1.165, 1.54) is 11.1 Å². The molecule has 2 aromatic heterocycles. The third-order valence-electron chi connectivity index (χ3n) is 3.75. The van der Waals surface area contributed by atoms with Crippen LogP contribution in [0, 0.1) is 13.8 Å². The Kier molecular flexibility index (Phi) is 2.51. The number of aromatic nitrogens is 4. The number of aromatic amines is 1. The molecule has 2 heterocycles. The molecule has 0 atom stereocenters. The van der Waals surface area contributed by atoms with E-state index in [-0.39, 0.29) is 0 Å². The fourth-order valence-corrected chi connectivity index (χ4v) is 2.86. The molecule has 4 rings (SSSR count). The summed E-state index contributed by atoms with van der Waals surface area (Å²) in [5.41, 5.74) is 6.95. The van der Waals surface area contributed by atoms with E-state index in [4.69, 9.17) is 0 Å². The van der Waals surface area contributed by atoms with Gasteiger partial charge in [0.15, 0.2) is 0 Å². The van der Waals surface area contributed by atoms with Crippen LogP contribution in [0.4, 0.5) is 0 Å². The van der Waals surface area contributed by atoms with Gasteiger partial charge in [-0.15, -0.1) is 10.2 Å². The van der Waals surface area contributed by atoms with Crippen molar-refractivity contribution in [3.8, 4) is 11.3 Å². The zero-order valence-electron chi connectivity index (χ0n) is 11.9. The second kappa shape index (κ2) is 4.38. The van der Waals surface area contributed by atoms with Crippen molar-refractivity contribution in [3.63, 3.8) is 0 Å². The molecule has 0 saturated heterocycles. The molecule has 0 spiro atoms. The highest BCUT2D eigenvalue weighted by atomic mass is 15.2. The zero-order valence-corrected chi connectivity index (χ0v) is 11.9. The molecule has 0 fully saturated rings. The van der Waals surface area contributed by atoms with Crippen molar-refractivity contribution in [2.24, 2.45) is 0 Å². The van der Waals surface area contributed by atoms with Crippen molar-refractivity contribution in [3.05, 3.63) is 53.6 Å². The molecule has 0 unspecified atom stereocenters. The average Bonchev–Trinajstić information content (AvgIpc) is 2.91. The molecule has 21 heavy (non-hydrogen) atoms. The summed E-state index contributed by atoms with van der Waals surface area (Å²) >= 11 is 0. The van der Waals surface area contributed by atoms with Crippen molar-refractivity contribution in [2.75, 3.05) is 0 Å². The van der Waals surface area contributed by atoms with E-state index in [2.05, 4.69) is 46.4 Å². The smallest absolute Gasteiger partial charge is 0.139 e. The van der Waals surface area contributed by atoms with Crippen molar-refractivity contribution < 1.29 is 0 Å². The van der Waals surface area contributed by atoms with Crippen LogP contribution in [0.25, 0.3) is 33.2 Å². The molecular formula is C17H14N4. The third kappa shape index (κ3) is 1.80. The number of aryl methyl sites for hydroxylation is 2. The number of hydrogen-bond donors (Lipinski definition) is 1. The Hall–Kier alpha value is -2.75. The Balaban J connectivity index is 2.09. The number of nitrogens with zero attached hydrogens (tertiary/aromatic N) is 3. The lowest BCUT2D eigenvalue weighted by Gasteiger charge is -2.04. The first kappa shape index (κ1) is 12.0. The van der Waals surface area contributed by atoms with Gasteiger partial charge in [-0.1, -0.05) is 36.4 Å². The Morgan fingerprint density at radius 2 is 1.76 bits per heavy atom. The summed E-state index contributed by atoms with van der Waals surface area (Å²) in [7, 11) is 0. The van der Waals surface area contributed by atoms with Crippen LogP contribution in [0.5, 0.6) is 0 Å². The minimum atomic E-state index is 0.820. The standard InChI is InChI=1S/C17H14N4/c1-10-8-11(2)14-13(9-10)18-21-17-15(19-20-16(14)17)12-6-4-3-5-7-12/h3-9H,1-2H3,(H,19,20). The molecule has 0 aliphatic rings. The van der Waals surface area contributed by atoms with Crippen molar-refractivity contribution >= 4 is 21.9 Å². The minimum Gasteiger partial charge on any atom is -0.275 e. The quantitative estimate of drug-likeness (QED) is 0.574. The SMILES string of the molecule is Cc1cc(C)c2c(c1)nnc1c(-c3ccccc3)n[nH]c12. The van der Waals surface area contributed by atoms with Crippen molar-refractivity contribution in [2.45, 2.75) is 13.8 Å². The van der Waals surface area contributed by atoms with E-state index < -0.39 is 0 Å². The maximum Gasteiger partial charge on any atom is 0.139 e. The Labute approximate surface area is 121 Å². The van der Waals surface area contributed by atoms with Crippen molar-refractivity contribution in [1.29, 1.82) is 0 Å². The van der Waals surface area contributed by atoms with E-state index in [1.54, 1.807) is 0 Å². The van der Waals surface area contributed by atoms with E-state index in [0.717, 1.165) is 33.2 Å². The summed E-state index contributed by atoms with van der Waals surface area (Å²) in [5, 5.41) is 17.5. The summed E-state index contributed by atoms with van der Waals surface area (Å²) in [6.45, 7) is 4.17. The Morgan fingerprint density at radius 1 is 0.952 bits per heavy atom. The average molecular weight is 274 g/mol. The third-order valence-corrected chi connectivity index (χ3v) is 3.75. The molecule has 4 aromatic rings. The number of fused-ring (bicyclic) bond motifs is 3. The first-order chi connectivity index (χ1) is 10.2. The Bertz CT molecular complexity index is 955. The predicted molar refractivity (Wildman–Crippen MR) is 84.1 cm³/mol. The van der Waals surface area contributed by atoms with Gasteiger partial charge in [0.1, 0.15) is 11.2 Å². The molecule has 0 aliphatic heterocycles. The maximum atomic E-state index is 4.45. The van der Waals surface area contributed by atoms with Crippen LogP contribution < -0.4 is 0 Å². The van der Waals surface area contributed by atoms with Gasteiger partial charge in [0.05, 0.1) is 11.0 Å². The molecule has 0 bridgehead atoms. The molecule has 4 heteroatoms. The zero-order chi connectivity index (χ0) is 14.4. The molecule has 0 amide bonds.